The molecule has 0 saturated carbocycles. The van der Waals surface area contributed by atoms with Gasteiger partial charge >= 0.3 is 18.5 Å². The number of hydrogen-bond donors (Lipinski definition) is 1. The average molecular weight is 425 g/mol. The minimum atomic E-state index is -6.02. The van der Waals surface area contributed by atoms with Gasteiger partial charge in [-0.1, -0.05) is 15.9 Å². The third kappa shape index (κ3) is 4.85. The van der Waals surface area contributed by atoms with Crippen LogP contribution in [0.1, 0.15) is 11.6 Å². The molecule has 0 aliphatic heterocycles. The Labute approximate surface area is 133 Å². The third-order valence-corrected chi connectivity index (χ3v) is 2.79. The molecule has 1 rings (SSSR count). The molecule has 0 aliphatic rings. The van der Waals surface area contributed by atoms with E-state index < -0.39 is 35.8 Å². The van der Waals surface area contributed by atoms with Gasteiger partial charge in [0.05, 0.1) is 0 Å². The summed E-state index contributed by atoms with van der Waals surface area (Å²) >= 11 is 2.74. The number of rotatable bonds is 3. The van der Waals surface area contributed by atoms with E-state index in [1.54, 1.807) is 0 Å². The van der Waals surface area contributed by atoms with Gasteiger partial charge < -0.3 is 10.5 Å². The Bertz CT molecular complexity index is 519. The highest BCUT2D eigenvalue weighted by molar-refractivity contribution is 9.10. The Morgan fingerprint density at radius 1 is 1.00 bits per heavy atom. The van der Waals surface area contributed by atoms with Crippen LogP contribution < -0.4 is 10.5 Å². The van der Waals surface area contributed by atoms with Crippen molar-refractivity contribution in [1.82, 2.24) is 0 Å². The van der Waals surface area contributed by atoms with E-state index in [0.29, 0.717) is 12.1 Å². The maximum absolute atomic E-state index is 13.2. The Morgan fingerprint density at radius 3 is 1.91 bits per heavy atom. The molecular formula is C10H7BrClF8NO. The molecule has 0 saturated heterocycles. The largest absolute Gasteiger partial charge is 0.573 e. The van der Waals surface area contributed by atoms with Gasteiger partial charge in [0.15, 0.2) is 0 Å². The number of nitrogens with two attached hydrogens (primary N) is 1. The second-order valence-electron chi connectivity index (χ2n) is 3.83. The molecule has 0 heterocycles. The van der Waals surface area contributed by atoms with E-state index >= 15 is 0 Å². The summed E-state index contributed by atoms with van der Waals surface area (Å²) in [5, 5.41) is 0. The molecule has 1 aromatic rings. The number of ether oxygens (including phenoxy) is 1. The zero-order valence-corrected chi connectivity index (χ0v) is 12.5. The molecule has 128 valence electrons. The average Bonchev–Trinajstić information content (AvgIpc) is 2.27. The first-order chi connectivity index (χ1) is 9.25. The normalized spacial score (nSPS) is 14.3. The fourth-order valence-electron chi connectivity index (χ4n) is 1.35. The molecule has 0 radical (unpaired) electrons. The monoisotopic (exact) mass is 423 g/mol. The molecule has 2 nitrogen and oxygen atoms in total. The van der Waals surface area contributed by atoms with Gasteiger partial charge in [0.25, 0.3) is 0 Å². The summed E-state index contributed by atoms with van der Waals surface area (Å²) < 4.78 is 103. The lowest BCUT2D eigenvalue weighted by Crippen LogP contribution is -2.46. The van der Waals surface area contributed by atoms with E-state index in [2.05, 4.69) is 20.7 Å². The second-order valence-corrected chi connectivity index (χ2v) is 4.74. The van der Waals surface area contributed by atoms with Gasteiger partial charge in [0, 0.05) is 10.0 Å². The lowest BCUT2D eigenvalue weighted by Gasteiger charge is -2.27. The topological polar surface area (TPSA) is 35.2 Å². The van der Waals surface area contributed by atoms with E-state index in [1.165, 1.54) is 0 Å². The standard InChI is InChI=1S/C10H6BrF8NO.ClH/c11-4-1-2-6(21-10(17,18)19)5(3-4)7(20)8(12,13)9(14,15)16;/h1-3,7H,20H2;1H/t7-;/m1./s1. The fraction of sp³-hybridized carbons (Fsp3) is 0.400. The molecule has 12 heteroatoms. The van der Waals surface area contributed by atoms with Gasteiger partial charge in [-0.2, -0.15) is 22.0 Å². The van der Waals surface area contributed by atoms with E-state index in [9.17, 15) is 35.1 Å². The number of benzene rings is 1. The molecule has 0 amide bonds. The highest BCUT2D eigenvalue weighted by Crippen LogP contribution is 2.46. The highest BCUT2D eigenvalue weighted by atomic mass is 79.9. The lowest BCUT2D eigenvalue weighted by molar-refractivity contribution is -0.292. The Hall–Kier alpha value is -0.810. The SMILES string of the molecule is Cl.N[C@H](c1cc(Br)ccc1OC(F)(F)F)C(F)(F)C(F)(F)F. The van der Waals surface area contributed by atoms with E-state index in [1.807, 2.05) is 0 Å². The predicted molar refractivity (Wildman–Crippen MR) is 66.0 cm³/mol. The van der Waals surface area contributed by atoms with E-state index in [4.69, 9.17) is 5.73 Å². The third-order valence-electron chi connectivity index (χ3n) is 2.30. The molecule has 1 aromatic carbocycles. The summed E-state index contributed by atoms with van der Waals surface area (Å²) in [6.45, 7) is 0. The second kappa shape index (κ2) is 6.75. The van der Waals surface area contributed by atoms with Gasteiger partial charge in [0.1, 0.15) is 11.8 Å². The maximum Gasteiger partial charge on any atom is 0.573 e. The molecule has 22 heavy (non-hydrogen) atoms. The van der Waals surface area contributed by atoms with Crippen LogP contribution in [0.2, 0.25) is 0 Å². The quantitative estimate of drug-likeness (QED) is 0.696. The number of halogens is 10. The van der Waals surface area contributed by atoms with E-state index in [-0.39, 0.29) is 16.9 Å². The molecule has 0 aromatic heterocycles. The fourth-order valence-corrected chi connectivity index (χ4v) is 1.73. The first-order valence-electron chi connectivity index (χ1n) is 5.01. The van der Waals surface area contributed by atoms with Crippen LogP contribution >= 0.6 is 28.3 Å². The summed E-state index contributed by atoms with van der Waals surface area (Å²) in [6, 6.07) is -0.902. The predicted octanol–water partition coefficient (Wildman–Crippen LogP) is 4.97. The Kier molecular flexibility index (Phi) is 6.50. The van der Waals surface area contributed by atoms with Crippen molar-refractivity contribution in [3.63, 3.8) is 0 Å². The van der Waals surface area contributed by atoms with Crippen LogP contribution in [-0.4, -0.2) is 18.5 Å². The minimum absolute atomic E-state index is 0. The van der Waals surface area contributed by atoms with Crippen LogP contribution in [0.25, 0.3) is 0 Å². The summed E-state index contributed by atoms with van der Waals surface area (Å²) in [5.41, 5.74) is 3.67. The lowest BCUT2D eigenvalue weighted by atomic mass is 10.00. The van der Waals surface area contributed by atoms with Crippen LogP contribution in [0.3, 0.4) is 0 Å². The Balaban J connectivity index is 0.00000441. The first-order valence-corrected chi connectivity index (χ1v) is 5.80. The molecule has 1 atom stereocenters. The molecular weight excluding hydrogens is 417 g/mol. The van der Waals surface area contributed by atoms with Crippen molar-refractivity contribution in [3.05, 3.63) is 28.2 Å². The summed E-state index contributed by atoms with van der Waals surface area (Å²) in [4.78, 5) is 0. The molecule has 0 aliphatic carbocycles. The Morgan fingerprint density at radius 2 is 1.50 bits per heavy atom. The van der Waals surface area contributed by atoms with Gasteiger partial charge in [-0.15, -0.1) is 25.6 Å². The van der Waals surface area contributed by atoms with Crippen LogP contribution in [0.4, 0.5) is 35.1 Å². The van der Waals surface area contributed by atoms with Crippen LogP contribution in [0.15, 0.2) is 22.7 Å². The zero-order valence-electron chi connectivity index (χ0n) is 10.1. The van der Waals surface area contributed by atoms with Gasteiger partial charge in [-0.3, -0.25) is 0 Å². The van der Waals surface area contributed by atoms with Crippen molar-refractivity contribution in [2.24, 2.45) is 5.73 Å². The summed E-state index contributed by atoms with van der Waals surface area (Å²) in [6.07, 6.45) is -11.3. The van der Waals surface area contributed by atoms with Crippen molar-refractivity contribution in [2.75, 3.05) is 0 Å². The molecule has 0 bridgehead atoms. The molecule has 0 unspecified atom stereocenters. The summed E-state index contributed by atoms with van der Waals surface area (Å²) in [5.74, 6) is -6.67. The highest BCUT2D eigenvalue weighted by Gasteiger charge is 2.62. The smallest absolute Gasteiger partial charge is 0.405 e. The van der Waals surface area contributed by atoms with Gasteiger partial charge in [0.2, 0.25) is 0 Å². The van der Waals surface area contributed by atoms with Crippen molar-refractivity contribution >= 4 is 28.3 Å². The van der Waals surface area contributed by atoms with Crippen LogP contribution in [-0.2, 0) is 0 Å². The molecule has 2 N–H and O–H groups in total. The maximum atomic E-state index is 13.2. The first kappa shape index (κ1) is 21.2. The molecule has 0 fully saturated rings. The number of hydrogen-bond acceptors (Lipinski definition) is 2. The number of alkyl halides is 8. The van der Waals surface area contributed by atoms with Crippen molar-refractivity contribution < 1.29 is 39.9 Å². The van der Waals surface area contributed by atoms with Crippen LogP contribution in [0, 0.1) is 0 Å². The van der Waals surface area contributed by atoms with Crippen molar-refractivity contribution in [3.8, 4) is 5.75 Å². The van der Waals surface area contributed by atoms with Crippen LogP contribution in [0.5, 0.6) is 5.75 Å². The zero-order chi connectivity index (χ0) is 16.6. The summed E-state index contributed by atoms with van der Waals surface area (Å²) in [7, 11) is 0. The van der Waals surface area contributed by atoms with Crippen molar-refractivity contribution in [2.45, 2.75) is 24.5 Å². The van der Waals surface area contributed by atoms with E-state index in [0.717, 1.165) is 6.07 Å². The van der Waals surface area contributed by atoms with Crippen molar-refractivity contribution in [1.29, 1.82) is 0 Å². The minimum Gasteiger partial charge on any atom is -0.405 e. The van der Waals surface area contributed by atoms with Gasteiger partial charge in [-0.25, -0.2) is 0 Å². The van der Waals surface area contributed by atoms with Gasteiger partial charge in [-0.05, 0) is 18.2 Å². The molecule has 0 spiro atoms.